The number of carbonyl (C=O) groups is 1. The topological polar surface area (TPSA) is 49.3 Å². The van der Waals surface area contributed by atoms with Gasteiger partial charge in [-0.25, -0.2) is 0 Å². The molecule has 0 aliphatic rings. The Morgan fingerprint density at radius 2 is 1.76 bits per heavy atom. The number of unbranched alkanes of at least 4 members (excludes halogenated alkanes) is 3. The number of benzene rings is 1. The van der Waals surface area contributed by atoms with Crippen LogP contribution < -0.4 is 5.32 Å². The number of aliphatic carboxylic acids is 1. The van der Waals surface area contributed by atoms with Crippen molar-refractivity contribution in [3.8, 4) is 0 Å². The first-order valence-corrected chi connectivity index (χ1v) is 8.09. The lowest BCUT2D eigenvalue weighted by molar-refractivity contribution is -0.136. The zero-order chi connectivity index (χ0) is 15.5. The predicted molar refractivity (Wildman–Crippen MR) is 87.4 cm³/mol. The first-order chi connectivity index (χ1) is 10.1. The lowest BCUT2D eigenvalue weighted by atomic mass is 10.0. The Morgan fingerprint density at radius 3 is 2.43 bits per heavy atom. The van der Waals surface area contributed by atoms with Crippen LogP contribution in [-0.2, 0) is 17.8 Å². The fourth-order valence-corrected chi connectivity index (χ4v) is 2.44. The molecule has 0 saturated carbocycles. The lowest BCUT2D eigenvalue weighted by Crippen LogP contribution is -2.16. The maximum atomic E-state index is 10.8. The summed E-state index contributed by atoms with van der Waals surface area (Å²) in [7, 11) is 0. The van der Waals surface area contributed by atoms with E-state index in [0.29, 0.717) is 0 Å². The van der Waals surface area contributed by atoms with Crippen molar-refractivity contribution in [2.45, 2.75) is 58.9 Å². The van der Waals surface area contributed by atoms with Crippen molar-refractivity contribution in [3.05, 3.63) is 35.4 Å². The van der Waals surface area contributed by atoms with Crippen LogP contribution in [0.3, 0.4) is 0 Å². The summed E-state index contributed by atoms with van der Waals surface area (Å²) in [6, 6.07) is 7.77. The Bertz CT molecular complexity index is 415. The number of carboxylic acid groups (broad SMARTS) is 1. The summed E-state index contributed by atoms with van der Waals surface area (Å²) < 4.78 is 0. The maximum absolute atomic E-state index is 10.8. The normalized spacial score (nSPS) is 11.0. The van der Waals surface area contributed by atoms with Crippen molar-refractivity contribution in [2.75, 3.05) is 6.54 Å². The monoisotopic (exact) mass is 291 g/mol. The van der Waals surface area contributed by atoms with E-state index in [1.54, 1.807) is 0 Å². The maximum Gasteiger partial charge on any atom is 0.307 e. The summed E-state index contributed by atoms with van der Waals surface area (Å²) >= 11 is 0. The van der Waals surface area contributed by atoms with E-state index in [-0.39, 0.29) is 6.42 Å². The summed E-state index contributed by atoms with van der Waals surface area (Å²) in [5.41, 5.74) is 2.01. The van der Waals surface area contributed by atoms with Crippen LogP contribution in [0.2, 0.25) is 0 Å². The van der Waals surface area contributed by atoms with E-state index in [1.165, 1.54) is 32.1 Å². The van der Waals surface area contributed by atoms with Gasteiger partial charge in [0.15, 0.2) is 0 Å². The van der Waals surface area contributed by atoms with Crippen molar-refractivity contribution in [2.24, 2.45) is 5.92 Å². The first kappa shape index (κ1) is 17.7. The van der Waals surface area contributed by atoms with Crippen LogP contribution in [0, 0.1) is 5.92 Å². The van der Waals surface area contributed by atoms with Gasteiger partial charge in [-0.05, 0) is 30.0 Å². The molecule has 3 nitrogen and oxygen atoms in total. The highest BCUT2D eigenvalue weighted by molar-refractivity contribution is 5.70. The van der Waals surface area contributed by atoms with E-state index in [4.69, 9.17) is 5.11 Å². The van der Waals surface area contributed by atoms with E-state index in [2.05, 4.69) is 19.2 Å². The van der Waals surface area contributed by atoms with Crippen molar-refractivity contribution in [3.63, 3.8) is 0 Å². The fourth-order valence-electron chi connectivity index (χ4n) is 2.44. The summed E-state index contributed by atoms with van der Waals surface area (Å²) in [5, 5.41) is 12.3. The third-order valence-corrected chi connectivity index (χ3v) is 3.66. The van der Waals surface area contributed by atoms with Gasteiger partial charge in [0.1, 0.15) is 0 Å². The zero-order valence-corrected chi connectivity index (χ0v) is 13.4. The quantitative estimate of drug-likeness (QED) is 0.606. The first-order valence-electron chi connectivity index (χ1n) is 8.09. The fraction of sp³-hybridized carbons (Fsp3) is 0.611. The van der Waals surface area contributed by atoms with E-state index in [1.807, 2.05) is 24.3 Å². The van der Waals surface area contributed by atoms with Crippen LogP contribution in [0.15, 0.2) is 24.3 Å². The third kappa shape index (κ3) is 8.51. The molecule has 1 aromatic carbocycles. The van der Waals surface area contributed by atoms with Crippen LogP contribution in [-0.4, -0.2) is 17.6 Å². The lowest BCUT2D eigenvalue weighted by Gasteiger charge is -2.09. The summed E-state index contributed by atoms with van der Waals surface area (Å²) in [4.78, 5) is 10.8. The molecule has 0 saturated heterocycles. The van der Waals surface area contributed by atoms with Gasteiger partial charge >= 0.3 is 5.97 Å². The van der Waals surface area contributed by atoms with Gasteiger partial charge in [-0.2, -0.15) is 0 Å². The molecule has 0 aliphatic heterocycles. The molecule has 2 N–H and O–H groups in total. The standard InChI is InChI=1S/C18H29NO2/c1-15(2)9-5-3-4-8-12-19-14-17-11-7-6-10-16(17)13-18(20)21/h6-7,10-11,15,19H,3-5,8-9,12-14H2,1-2H3,(H,20,21). The number of rotatable bonds is 11. The largest absolute Gasteiger partial charge is 0.481 e. The Hall–Kier alpha value is -1.35. The third-order valence-electron chi connectivity index (χ3n) is 3.66. The van der Waals surface area contributed by atoms with Crippen molar-refractivity contribution in [1.29, 1.82) is 0 Å². The average molecular weight is 291 g/mol. The smallest absolute Gasteiger partial charge is 0.307 e. The Labute approximate surface area is 128 Å². The second-order valence-corrected chi connectivity index (χ2v) is 6.11. The molecular weight excluding hydrogens is 262 g/mol. The van der Waals surface area contributed by atoms with Crippen LogP contribution in [0.5, 0.6) is 0 Å². The summed E-state index contributed by atoms with van der Waals surface area (Å²) in [5.74, 6) is 0.0430. The van der Waals surface area contributed by atoms with Crippen LogP contribution >= 0.6 is 0 Å². The molecule has 1 aromatic rings. The highest BCUT2D eigenvalue weighted by Crippen LogP contribution is 2.11. The summed E-state index contributed by atoms with van der Waals surface area (Å²) in [6.45, 7) is 6.31. The van der Waals surface area contributed by atoms with Gasteiger partial charge in [-0.15, -0.1) is 0 Å². The molecule has 0 unspecified atom stereocenters. The highest BCUT2D eigenvalue weighted by Gasteiger charge is 2.05. The van der Waals surface area contributed by atoms with Gasteiger partial charge in [0, 0.05) is 6.54 Å². The number of hydrogen-bond donors (Lipinski definition) is 2. The van der Waals surface area contributed by atoms with Gasteiger partial charge in [0.2, 0.25) is 0 Å². The molecule has 0 radical (unpaired) electrons. The second kappa shape index (κ2) is 10.4. The molecule has 0 fully saturated rings. The van der Waals surface area contributed by atoms with Crippen LogP contribution in [0.1, 0.15) is 57.1 Å². The Balaban J connectivity index is 2.16. The van der Waals surface area contributed by atoms with Crippen LogP contribution in [0.4, 0.5) is 0 Å². The minimum Gasteiger partial charge on any atom is -0.481 e. The SMILES string of the molecule is CC(C)CCCCCCNCc1ccccc1CC(=O)O. The Morgan fingerprint density at radius 1 is 1.10 bits per heavy atom. The Kier molecular flexibility index (Phi) is 8.76. The van der Waals surface area contributed by atoms with Gasteiger partial charge in [-0.3, -0.25) is 4.79 Å². The number of nitrogens with one attached hydrogen (secondary N) is 1. The molecule has 0 aliphatic carbocycles. The molecule has 118 valence electrons. The second-order valence-electron chi connectivity index (χ2n) is 6.11. The van der Waals surface area contributed by atoms with Gasteiger partial charge in [0.05, 0.1) is 6.42 Å². The van der Waals surface area contributed by atoms with Crippen LogP contribution in [0.25, 0.3) is 0 Å². The molecular formula is C18H29NO2. The minimum atomic E-state index is -0.771. The molecule has 0 bridgehead atoms. The number of carboxylic acids is 1. The van der Waals surface area contributed by atoms with Crippen molar-refractivity contribution >= 4 is 5.97 Å². The average Bonchev–Trinajstić information content (AvgIpc) is 2.42. The number of hydrogen-bond acceptors (Lipinski definition) is 2. The van der Waals surface area contributed by atoms with Crippen molar-refractivity contribution < 1.29 is 9.90 Å². The highest BCUT2D eigenvalue weighted by atomic mass is 16.4. The molecule has 1 rings (SSSR count). The molecule has 0 amide bonds. The predicted octanol–water partition coefficient (Wildman–Crippen LogP) is 4.01. The van der Waals surface area contributed by atoms with Crippen molar-refractivity contribution in [1.82, 2.24) is 5.32 Å². The molecule has 0 heterocycles. The zero-order valence-electron chi connectivity index (χ0n) is 13.4. The van der Waals surface area contributed by atoms with E-state index in [9.17, 15) is 4.79 Å². The molecule has 0 aromatic heterocycles. The van der Waals surface area contributed by atoms with E-state index in [0.717, 1.165) is 30.1 Å². The molecule has 21 heavy (non-hydrogen) atoms. The van der Waals surface area contributed by atoms with Gasteiger partial charge in [-0.1, -0.05) is 63.8 Å². The summed E-state index contributed by atoms with van der Waals surface area (Å²) in [6.07, 6.45) is 6.55. The van der Waals surface area contributed by atoms with E-state index < -0.39 is 5.97 Å². The van der Waals surface area contributed by atoms with E-state index >= 15 is 0 Å². The molecule has 3 heteroatoms. The van der Waals surface area contributed by atoms with Gasteiger partial charge < -0.3 is 10.4 Å². The van der Waals surface area contributed by atoms with Gasteiger partial charge in [0.25, 0.3) is 0 Å². The molecule has 0 spiro atoms. The minimum absolute atomic E-state index is 0.104. The molecule has 0 atom stereocenters.